The number of hydrogen-bond donors (Lipinski definition) is 4. The summed E-state index contributed by atoms with van der Waals surface area (Å²) < 4.78 is 0. The number of nitrogen functional groups attached to an aromatic ring is 3. The first kappa shape index (κ1) is 13.7. The first-order valence-electron chi connectivity index (χ1n) is 6.62. The van der Waals surface area contributed by atoms with E-state index in [2.05, 4.69) is 9.97 Å². The van der Waals surface area contributed by atoms with Gasteiger partial charge in [0, 0.05) is 17.4 Å². The quantitative estimate of drug-likeness (QED) is 0.537. The maximum Gasteiger partial charge on any atom is 0.148 e. The van der Waals surface area contributed by atoms with Gasteiger partial charge in [-0.15, -0.1) is 0 Å². The van der Waals surface area contributed by atoms with E-state index >= 15 is 0 Å². The summed E-state index contributed by atoms with van der Waals surface area (Å²) in [6.07, 6.45) is 1.57. The van der Waals surface area contributed by atoms with Gasteiger partial charge in [-0.25, -0.2) is 4.98 Å². The second-order valence-electron chi connectivity index (χ2n) is 4.85. The lowest BCUT2D eigenvalue weighted by Gasteiger charge is -2.12. The van der Waals surface area contributed by atoms with E-state index in [1.807, 2.05) is 12.1 Å². The molecule has 3 aromatic rings. The Kier molecular flexibility index (Phi) is 3.27. The molecule has 0 saturated heterocycles. The van der Waals surface area contributed by atoms with Gasteiger partial charge in [-0.3, -0.25) is 4.98 Å². The molecule has 0 radical (unpaired) electrons. The Hall–Kier alpha value is -3.28. The molecule has 0 unspecified atom stereocenters. The molecule has 6 nitrogen and oxygen atoms in total. The lowest BCUT2D eigenvalue weighted by molar-refractivity contribution is 0.475. The van der Waals surface area contributed by atoms with Crippen molar-refractivity contribution in [3.63, 3.8) is 0 Å². The van der Waals surface area contributed by atoms with Gasteiger partial charge in [0.05, 0.1) is 11.4 Å². The molecule has 0 fully saturated rings. The van der Waals surface area contributed by atoms with E-state index in [-0.39, 0.29) is 11.6 Å². The molecule has 2 aromatic heterocycles. The van der Waals surface area contributed by atoms with Crippen molar-refractivity contribution >= 4 is 17.2 Å². The monoisotopic (exact) mass is 293 g/mol. The van der Waals surface area contributed by atoms with E-state index in [0.717, 1.165) is 5.56 Å². The van der Waals surface area contributed by atoms with Crippen LogP contribution in [0.3, 0.4) is 0 Å². The Morgan fingerprint density at radius 3 is 2.50 bits per heavy atom. The van der Waals surface area contributed by atoms with Crippen molar-refractivity contribution in [1.82, 2.24) is 9.97 Å². The largest absolute Gasteiger partial charge is 0.506 e. The molecule has 7 N–H and O–H groups in total. The number of nitrogens with two attached hydrogens (primary N) is 3. The van der Waals surface area contributed by atoms with Crippen molar-refractivity contribution in [2.45, 2.75) is 0 Å². The molecular weight excluding hydrogens is 278 g/mol. The van der Waals surface area contributed by atoms with Crippen molar-refractivity contribution in [2.24, 2.45) is 0 Å². The van der Waals surface area contributed by atoms with Gasteiger partial charge >= 0.3 is 0 Å². The van der Waals surface area contributed by atoms with Crippen LogP contribution in [0.25, 0.3) is 22.5 Å². The SMILES string of the molecule is Nc1cccc(-c2cc(-c3ncccc3O)nc(N)c2N)c1. The lowest BCUT2D eigenvalue weighted by Crippen LogP contribution is -2.02. The zero-order chi connectivity index (χ0) is 15.7. The van der Waals surface area contributed by atoms with Crippen molar-refractivity contribution < 1.29 is 5.11 Å². The number of pyridine rings is 2. The fraction of sp³-hybridized carbons (Fsp3) is 0. The van der Waals surface area contributed by atoms with Gasteiger partial charge in [0.15, 0.2) is 0 Å². The number of hydrogen-bond acceptors (Lipinski definition) is 6. The standard InChI is InChI=1S/C16H15N5O/c17-10-4-1-3-9(7-10)11-8-12(21-16(19)14(11)18)15-13(22)5-2-6-20-15/h1-8,22H,17-18H2,(H2,19,21). The van der Waals surface area contributed by atoms with Crippen LogP contribution >= 0.6 is 0 Å². The summed E-state index contributed by atoms with van der Waals surface area (Å²) in [6.45, 7) is 0. The van der Waals surface area contributed by atoms with Crippen LogP contribution in [0.4, 0.5) is 17.2 Å². The number of nitrogens with zero attached hydrogens (tertiary/aromatic N) is 2. The Labute approximate surface area is 127 Å². The highest BCUT2D eigenvalue weighted by Crippen LogP contribution is 2.35. The molecule has 1 aromatic carbocycles. The van der Waals surface area contributed by atoms with Crippen molar-refractivity contribution in [3.8, 4) is 28.3 Å². The number of rotatable bonds is 2. The number of anilines is 3. The van der Waals surface area contributed by atoms with E-state index in [9.17, 15) is 5.11 Å². The van der Waals surface area contributed by atoms with E-state index in [1.54, 1.807) is 30.5 Å². The Morgan fingerprint density at radius 2 is 1.77 bits per heavy atom. The van der Waals surface area contributed by atoms with E-state index in [4.69, 9.17) is 17.2 Å². The first-order valence-corrected chi connectivity index (χ1v) is 6.62. The van der Waals surface area contributed by atoms with Crippen molar-refractivity contribution in [1.29, 1.82) is 0 Å². The van der Waals surface area contributed by atoms with Gasteiger partial charge < -0.3 is 22.3 Å². The summed E-state index contributed by atoms with van der Waals surface area (Å²) in [4.78, 5) is 8.35. The second-order valence-corrected chi connectivity index (χ2v) is 4.85. The van der Waals surface area contributed by atoms with Gasteiger partial charge in [-0.1, -0.05) is 12.1 Å². The molecule has 0 atom stereocenters. The Bertz CT molecular complexity index is 848. The van der Waals surface area contributed by atoms with Crippen LogP contribution in [-0.4, -0.2) is 15.1 Å². The lowest BCUT2D eigenvalue weighted by atomic mass is 10.0. The van der Waals surface area contributed by atoms with Crippen molar-refractivity contribution in [3.05, 3.63) is 48.7 Å². The van der Waals surface area contributed by atoms with Crippen LogP contribution in [0.15, 0.2) is 48.7 Å². The fourth-order valence-electron chi connectivity index (χ4n) is 2.24. The van der Waals surface area contributed by atoms with E-state index in [1.165, 1.54) is 6.07 Å². The van der Waals surface area contributed by atoms with Crippen LogP contribution in [0.1, 0.15) is 0 Å². The van der Waals surface area contributed by atoms with E-state index in [0.29, 0.717) is 28.3 Å². The highest BCUT2D eigenvalue weighted by Gasteiger charge is 2.14. The second kappa shape index (κ2) is 5.25. The minimum Gasteiger partial charge on any atom is -0.506 e. The maximum atomic E-state index is 9.94. The normalized spacial score (nSPS) is 10.5. The zero-order valence-electron chi connectivity index (χ0n) is 11.7. The summed E-state index contributed by atoms with van der Waals surface area (Å²) in [5.74, 6) is 0.206. The Balaban J connectivity index is 2.22. The average molecular weight is 293 g/mol. The molecule has 2 heterocycles. The molecule has 0 aliphatic heterocycles. The van der Waals surface area contributed by atoms with Crippen LogP contribution in [0, 0.1) is 0 Å². The molecular formula is C16H15N5O. The third kappa shape index (κ3) is 2.37. The predicted octanol–water partition coefficient (Wildman–Crippen LogP) is 2.26. The van der Waals surface area contributed by atoms with Crippen LogP contribution in [0.2, 0.25) is 0 Å². The molecule has 6 heteroatoms. The van der Waals surface area contributed by atoms with Gasteiger partial charge in [0.25, 0.3) is 0 Å². The third-order valence-electron chi connectivity index (χ3n) is 3.31. The zero-order valence-corrected chi connectivity index (χ0v) is 11.7. The molecule has 22 heavy (non-hydrogen) atoms. The molecule has 0 spiro atoms. The molecule has 0 amide bonds. The number of aromatic nitrogens is 2. The topological polar surface area (TPSA) is 124 Å². The first-order chi connectivity index (χ1) is 10.6. The fourth-order valence-corrected chi connectivity index (χ4v) is 2.24. The van der Waals surface area contributed by atoms with Gasteiger partial charge in [-0.05, 0) is 35.9 Å². The minimum absolute atomic E-state index is 0.0256. The van der Waals surface area contributed by atoms with Crippen LogP contribution < -0.4 is 17.2 Å². The summed E-state index contributed by atoms with van der Waals surface area (Å²) in [5.41, 5.74) is 21.1. The molecule has 110 valence electrons. The van der Waals surface area contributed by atoms with Gasteiger partial charge in [0.2, 0.25) is 0 Å². The molecule has 0 bridgehead atoms. The Morgan fingerprint density at radius 1 is 0.955 bits per heavy atom. The molecule has 0 saturated carbocycles. The third-order valence-corrected chi connectivity index (χ3v) is 3.31. The van der Waals surface area contributed by atoms with Gasteiger partial charge in [-0.2, -0.15) is 0 Å². The van der Waals surface area contributed by atoms with Crippen molar-refractivity contribution in [2.75, 3.05) is 17.2 Å². The van der Waals surface area contributed by atoms with Crippen LogP contribution in [-0.2, 0) is 0 Å². The predicted molar refractivity (Wildman–Crippen MR) is 87.8 cm³/mol. The average Bonchev–Trinajstić information content (AvgIpc) is 2.50. The van der Waals surface area contributed by atoms with E-state index < -0.39 is 0 Å². The highest BCUT2D eigenvalue weighted by molar-refractivity contribution is 5.87. The molecule has 0 aliphatic rings. The number of benzene rings is 1. The summed E-state index contributed by atoms with van der Waals surface area (Å²) >= 11 is 0. The number of aromatic hydroxyl groups is 1. The summed E-state index contributed by atoms with van der Waals surface area (Å²) in [7, 11) is 0. The summed E-state index contributed by atoms with van der Waals surface area (Å²) in [5, 5.41) is 9.94. The van der Waals surface area contributed by atoms with Crippen LogP contribution in [0.5, 0.6) is 5.75 Å². The smallest absolute Gasteiger partial charge is 0.148 e. The molecule has 0 aliphatic carbocycles. The highest BCUT2D eigenvalue weighted by atomic mass is 16.3. The molecule has 3 rings (SSSR count). The maximum absolute atomic E-state index is 9.94. The minimum atomic E-state index is 0.0256. The van der Waals surface area contributed by atoms with Gasteiger partial charge in [0.1, 0.15) is 17.3 Å². The summed E-state index contributed by atoms with van der Waals surface area (Å²) in [6, 6.07) is 12.2.